The molecule has 0 atom stereocenters. The fourth-order valence-electron chi connectivity index (χ4n) is 1.44. The van der Waals surface area contributed by atoms with Crippen molar-refractivity contribution in [3.8, 4) is 0 Å². The maximum atomic E-state index is 6.14. The van der Waals surface area contributed by atoms with Crippen molar-refractivity contribution in [2.24, 2.45) is 5.10 Å². The van der Waals surface area contributed by atoms with Gasteiger partial charge in [-0.1, -0.05) is 46.9 Å². The third-order valence-electron chi connectivity index (χ3n) is 2.45. The minimum Gasteiger partial charge on any atom is -0.279 e. The van der Waals surface area contributed by atoms with Crippen molar-refractivity contribution in [1.82, 2.24) is 0 Å². The van der Waals surface area contributed by atoms with E-state index in [1.54, 1.807) is 36.6 Å². The Balaban J connectivity index is 1.96. The van der Waals surface area contributed by atoms with Crippen molar-refractivity contribution in [3.05, 3.63) is 70.2 Å². The van der Waals surface area contributed by atoms with E-state index in [-0.39, 0.29) is 0 Å². The second-order valence-electron chi connectivity index (χ2n) is 3.92. The first kappa shape index (κ1) is 14.9. The SMILES string of the molecule is Cl/C(=C/C=N/Nc1ccc(Cl)cc1)c1ccc(Cl)cc1. The summed E-state index contributed by atoms with van der Waals surface area (Å²) in [6, 6.07) is 14.5. The normalized spacial score (nSPS) is 11.8. The van der Waals surface area contributed by atoms with Gasteiger partial charge in [0, 0.05) is 21.3 Å². The minimum absolute atomic E-state index is 0.586. The Morgan fingerprint density at radius 3 is 2.05 bits per heavy atom. The van der Waals surface area contributed by atoms with E-state index in [0.29, 0.717) is 15.1 Å². The zero-order valence-electron chi connectivity index (χ0n) is 10.4. The Labute approximate surface area is 132 Å². The highest BCUT2D eigenvalue weighted by Gasteiger charge is 1.96. The van der Waals surface area contributed by atoms with Gasteiger partial charge in [-0.15, -0.1) is 0 Å². The molecule has 0 amide bonds. The van der Waals surface area contributed by atoms with Crippen LogP contribution in [0.4, 0.5) is 5.69 Å². The number of anilines is 1. The molecule has 0 aliphatic heterocycles. The number of hydrogen-bond acceptors (Lipinski definition) is 2. The van der Waals surface area contributed by atoms with Crippen molar-refractivity contribution in [2.75, 3.05) is 5.43 Å². The molecule has 0 aliphatic carbocycles. The van der Waals surface area contributed by atoms with E-state index in [2.05, 4.69) is 10.5 Å². The predicted octanol–water partition coefficient (Wildman–Crippen LogP) is 5.67. The van der Waals surface area contributed by atoms with Gasteiger partial charge >= 0.3 is 0 Å². The van der Waals surface area contributed by atoms with Gasteiger partial charge in [0.2, 0.25) is 0 Å². The van der Waals surface area contributed by atoms with Gasteiger partial charge in [0.05, 0.1) is 5.69 Å². The van der Waals surface area contributed by atoms with E-state index >= 15 is 0 Å². The van der Waals surface area contributed by atoms with E-state index in [0.717, 1.165) is 11.3 Å². The number of hydrogen-bond donors (Lipinski definition) is 1. The van der Waals surface area contributed by atoms with Crippen LogP contribution in [0.2, 0.25) is 10.0 Å². The minimum atomic E-state index is 0.586. The van der Waals surface area contributed by atoms with Crippen LogP contribution in [-0.2, 0) is 0 Å². The van der Waals surface area contributed by atoms with E-state index in [9.17, 15) is 0 Å². The monoisotopic (exact) mass is 324 g/mol. The summed E-state index contributed by atoms with van der Waals surface area (Å²) in [5.41, 5.74) is 4.61. The van der Waals surface area contributed by atoms with Gasteiger partial charge in [-0.05, 0) is 48.0 Å². The van der Waals surface area contributed by atoms with Crippen LogP contribution in [0.1, 0.15) is 5.56 Å². The number of nitrogens with zero attached hydrogens (tertiary/aromatic N) is 1. The lowest BCUT2D eigenvalue weighted by molar-refractivity contribution is 1.36. The highest BCUT2D eigenvalue weighted by Crippen LogP contribution is 2.20. The average Bonchev–Trinajstić information content (AvgIpc) is 2.46. The predicted molar refractivity (Wildman–Crippen MR) is 88.8 cm³/mol. The highest BCUT2D eigenvalue weighted by atomic mass is 35.5. The van der Waals surface area contributed by atoms with Crippen LogP contribution < -0.4 is 5.43 Å². The van der Waals surface area contributed by atoms with Crippen LogP contribution >= 0.6 is 34.8 Å². The fourth-order valence-corrected chi connectivity index (χ4v) is 1.88. The second kappa shape index (κ2) is 7.34. The van der Waals surface area contributed by atoms with Gasteiger partial charge < -0.3 is 0 Å². The zero-order valence-corrected chi connectivity index (χ0v) is 12.6. The van der Waals surface area contributed by atoms with Crippen LogP contribution in [0.25, 0.3) is 5.03 Å². The van der Waals surface area contributed by atoms with Gasteiger partial charge in [-0.3, -0.25) is 5.43 Å². The Bertz CT molecular complexity index is 617. The molecule has 5 heteroatoms. The number of allylic oxidation sites excluding steroid dienone is 1. The summed E-state index contributed by atoms with van der Waals surface area (Å²) in [4.78, 5) is 0. The molecule has 2 rings (SSSR count). The topological polar surface area (TPSA) is 24.4 Å². The molecule has 0 unspecified atom stereocenters. The molecule has 0 fully saturated rings. The van der Waals surface area contributed by atoms with Crippen LogP contribution in [0, 0.1) is 0 Å². The molecule has 2 nitrogen and oxygen atoms in total. The van der Waals surface area contributed by atoms with Crippen LogP contribution in [-0.4, -0.2) is 6.21 Å². The summed E-state index contributed by atoms with van der Waals surface area (Å²) in [5, 5.41) is 6.00. The van der Waals surface area contributed by atoms with Crippen LogP contribution in [0.5, 0.6) is 0 Å². The van der Waals surface area contributed by atoms with Crippen molar-refractivity contribution < 1.29 is 0 Å². The Morgan fingerprint density at radius 1 is 0.900 bits per heavy atom. The van der Waals surface area contributed by atoms with Crippen LogP contribution in [0.15, 0.2) is 59.7 Å². The molecule has 2 aromatic carbocycles. The van der Waals surface area contributed by atoms with Gasteiger partial charge in [-0.25, -0.2) is 0 Å². The molecule has 0 heterocycles. The molecule has 0 saturated heterocycles. The van der Waals surface area contributed by atoms with E-state index in [4.69, 9.17) is 34.8 Å². The second-order valence-corrected chi connectivity index (χ2v) is 5.20. The van der Waals surface area contributed by atoms with E-state index in [1.165, 1.54) is 0 Å². The van der Waals surface area contributed by atoms with E-state index in [1.807, 2.05) is 24.3 Å². The van der Waals surface area contributed by atoms with Gasteiger partial charge in [0.25, 0.3) is 0 Å². The third kappa shape index (κ3) is 4.57. The number of rotatable bonds is 4. The lowest BCUT2D eigenvalue weighted by atomic mass is 10.2. The summed E-state index contributed by atoms with van der Waals surface area (Å²) in [6.07, 6.45) is 3.29. The summed E-state index contributed by atoms with van der Waals surface area (Å²) in [7, 11) is 0. The summed E-state index contributed by atoms with van der Waals surface area (Å²) in [5.74, 6) is 0. The van der Waals surface area contributed by atoms with Crippen molar-refractivity contribution >= 4 is 51.7 Å². The summed E-state index contributed by atoms with van der Waals surface area (Å²) >= 11 is 17.7. The average molecular weight is 326 g/mol. The van der Waals surface area contributed by atoms with Gasteiger partial charge in [0.1, 0.15) is 0 Å². The molecule has 0 radical (unpaired) electrons. The molecule has 0 bridgehead atoms. The molecule has 0 aliphatic rings. The Morgan fingerprint density at radius 2 is 1.45 bits per heavy atom. The molecule has 102 valence electrons. The summed E-state index contributed by atoms with van der Waals surface area (Å²) < 4.78 is 0. The largest absolute Gasteiger partial charge is 0.279 e. The standard InChI is InChI=1S/C15H11Cl3N2/c16-12-3-1-11(2-4-12)15(18)9-10-19-20-14-7-5-13(17)6-8-14/h1-10,20H/b15-9+,19-10+. The maximum Gasteiger partial charge on any atom is 0.0562 e. The summed E-state index contributed by atoms with van der Waals surface area (Å²) in [6.45, 7) is 0. The molecule has 1 N–H and O–H groups in total. The van der Waals surface area contributed by atoms with Crippen molar-refractivity contribution in [3.63, 3.8) is 0 Å². The molecule has 20 heavy (non-hydrogen) atoms. The number of nitrogens with one attached hydrogen (secondary N) is 1. The molecular formula is C15H11Cl3N2. The number of hydrazone groups is 1. The zero-order chi connectivity index (χ0) is 14.4. The van der Waals surface area contributed by atoms with Crippen molar-refractivity contribution in [1.29, 1.82) is 0 Å². The first-order valence-electron chi connectivity index (χ1n) is 5.81. The van der Waals surface area contributed by atoms with E-state index < -0.39 is 0 Å². The van der Waals surface area contributed by atoms with Crippen molar-refractivity contribution in [2.45, 2.75) is 0 Å². The molecule has 2 aromatic rings. The lowest BCUT2D eigenvalue weighted by Crippen LogP contribution is -1.87. The smallest absolute Gasteiger partial charge is 0.0562 e. The van der Waals surface area contributed by atoms with Gasteiger partial charge in [-0.2, -0.15) is 5.10 Å². The van der Waals surface area contributed by atoms with Crippen LogP contribution in [0.3, 0.4) is 0 Å². The molecular weight excluding hydrogens is 315 g/mol. The maximum absolute atomic E-state index is 6.14. The lowest BCUT2D eigenvalue weighted by Gasteiger charge is -1.99. The first-order chi connectivity index (χ1) is 9.65. The van der Waals surface area contributed by atoms with Gasteiger partial charge in [0.15, 0.2) is 0 Å². The Hall–Kier alpha value is -1.48. The first-order valence-corrected chi connectivity index (χ1v) is 6.95. The quantitative estimate of drug-likeness (QED) is 0.568. The Kier molecular flexibility index (Phi) is 5.48. The molecule has 0 saturated carbocycles. The number of benzene rings is 2. The molecule has 0 spiro atoms. The fraction of sp³-hybridized carbons (Fsp3) is 0. The molecule has 0 aromatic heterocycles. The highest BCUT2D eigenvalue weighted by molar-refractivity contribution is 6.49. The third-order valence-corrected chi connectivity index (χ3v) is 3.30. The number of halogens is 3.